The summed E-state index contributed by atoms with van der Waals surface area (Å²) in [5, 5.41) is 2.72. The summed E-state index contributed by atoms with van der Waals surface area (Å²) in [5.41, 5.74) is 0.746. The molecule has 1 aromatic rings. The van der Waals surface area contributed by atoms with E-state index in [2.05, 4.69) is 5.32 Å². The lowest BCUT2D eigenvalue weighted by Crippen LogP contribution is -2.39. The fourth-order valence-electron chi connectivity index (χ4n) is 1.97. The van der Waals surface area contributed by atoms with Crippen molar-refractivity contribution in [2.24, 2.45) is 0 Å². The van der Waals surface area contributed by atoms with E-state index in [9.17, 15) is 9.18 Å². The minimum absolute atomic E-state index is 0.140. The molecule has 1 N–H and O–H groups in total. The molecule has 5 nitrogen and oxygen atoms in total. The summed E-state index contributed by atoms with van der Waals surface area (Å²) in [7, 11) is 3.50. The molecule has 0 spiro atoms. The molecular formula is C14H19FN2O3. The average molecular weight is 282 g/mol. The van der Waals surface area contributed by atoms with Crippen LogP contribution in [0.2, 0.25) is 0 Å². The summed E-state index contributed by atoms with van der Waals surface area (Å²) in [6.07, 6.45) is -0.140. The lowest BCUT2D eigenvalue weighted by atomic mass is 10.1. The van der Waals surface area contributed by atoms with Crippen LogP contribution >= 0.6 is 0 Å². The molecule has 1 atom stereocenters. The smallest absolute Gasteiger partial charge is 0.251 e. The Hall–Kier alpha value is -1.66. The van der Waals surface area contributed by atoms with E-state index in [0.717, 1.165) is 0 Å². The third-order valence-corrected chi connectivity index (χ3v) is 3.07. The van der Waals surface area contributed by atoms with Crippen LogP contribution in [0.25, 0.3) is 0 Å². The summed E-state index contributed by atoms with van der Waals surface area (Å²) in [4.78, 5) is 13.6. The molecule has 0 unspecified atom stereocenters. The second-order valence-corrected chi connectivity index (χ2v) is 4.84. The molecule has 0 aromatic heterocycles. The minimum atomic E-state index is -0.417. The molecule has 6 heteroatoms. The van der Waals surface area contributed by atoms with Crippen molar-refractivity contribution in [2.75, 3.05) is 45.4 Å². The Morgan fingerprint density at radius 2 is 2.25 bits per heavy atom. The molecule has 1 aliphatic rings. The first kappa shape index (κ1) is 14.7. The van der Waals surface area contributed by atoms with Crippen LogP contribution in [-0.2, 0) is 9.47 Å². The number of nitrogens with one attached hydrogen (secondary N) is 1. The van der Waals surface area contributed by atoms with E-state index >= 15 is 0 Å². The molecule has 20 heavy (non-hydrogen) atoms. The van der Waals surface area contributed by atoms with E-state index in [-0.39, 0.29) is 12.0 Å². The largest absolute Gasteiger partial charge is 0.376 e. The van der Waals surface area contributed by atoms with Crippen molar-refractivity contribution in [2.45, 2.75) is 6.10 Å². The summed E-state index contributed by atoms with van der Waals surface area (Å²) in [5.74, 6) is -0.733. The second-order valence-electron chi connectivity index (χ2n) is 4.84. The molecule has 1 heterocycles. The number of hydrogen-bond donors (Lipinski definition) is 1. The van der Waals surface area contributed by atoms with Gasteiger partial charge in [0.25, 0.3) is 5.91 Å². The quantitative estimate of drug-likeness (QED) is 0.896. The molecule has 110 valence electrons. The first-order valence-corrected chi connectivity index (χ1v) is 6.52. The minimum Gasteiger partial charge on any atom is -0.376 e. The predicted octanol–water partition coefficient (Wildman–Crippen LogP) is 1.04. The van der Waals surface area contributed by atoms with Crippen molar-refractivity contribution in [3.05, 3.63) is 29.6 Å². The first-order valence-electron chi connectivity index (χ1n) is 6.52. The number of anilines is 1. The normalized spacial score (nSPS) is 18.6. The van der Waals surface area contributed by atoms with Gasteiger partial charge in [0.15, 0.2) is 0 Å². The number of rotatable bonds is 4. The Labute approximate surface area is 117 Å². The van der Waals surface area contributed by atoms with Crippen LogP contribution < -0.4 is 10.2 Å². The van der Waals surface area contributed by atoms with Gasteiger partial charge in [-0.2, -0.15) is 0 Å². The van der Waals surface area contributed by atoms with Crippen LogP contribution in [0.15, 0.2) is 18.2 Å². The molecule has 0 radical (unpaired) electrons. The Kier molecular flexibility index (Phi) is 4.92. The van der Waals surface area contributed by atoms with Crippen molar-refractivity contribution in [1.29, 1.82) is 0 Å². The Morgan fingerprint density at radius 3 is 2.85 bits per heavy atom. The van der Waals surface area contributed by atoms with Crippen molar-refractivity contribution >= 4 is 11.6 Å². The molecule has 1 aliphatic heterocycles. The highest BCUT2D eigenvalue weighted by Crippen LogP contribution is 2.18. The van der Waals surface area contributed by atoms with Gasteiger partial charge in [-0.15, -0.1) is 0 Å². The van der Waals surface area contributed by atoms with Crippen LogP contribution in [0.4, 0.5) is 10.1 Å². The number of carbonyl (C=O) groups is 1. The van der Waals surface area contributed by atoms with Gasteiger partial charge in [0.1, 0.15) is 5.82 Å². The van der Waals surface area contributed by atoms with Gasteiger partial charge >= 0.3 is 0 Å². The highest BCUT2D eigenvalue weighted by Gasteiger charge is 2.16. The zero-order valence-electron chi connectivity index (χ0n) is 11.7. The van der Waals surface area contributed by atoms with Gasteiger partial charge in [-0.1, -0.05) is 0 Å². The lowest BCUT2D eigenvalue weighted by molar-refractivity contribution is -0.0855. The molecule has 1 fully saturated rings. The van der Waals surface area contributed by atoms with E-state index in [0.29, 0.717) is 37.6 Å². The fraction of sp³-hybridized carbons (Fsp3) is 0.500. The maximum Gasteiger partial charge on any atom is 0.251 e. The number of amides is 1. The van der Waals surface area contributed by atoms with E-state index in [4.69, 9.17) is 9.47 Å². The highest BCUT2D eigenvalue weighted by atomic mass is 19.1. The van der Waals surface area contributed by atoms with Gasteiger partial charge in [0.05, 0.1) is 31.6 Å². The van der Waals surface area contributed by atoms with E-state index < -0.39 is 5.82 Å². The van der Waals surface area contributed by atoms with Gasteiger partial charge < -0.3 is 19.7 Å². The summed E-state index contributed by atoms with van der Waals surface area (Å²) >= 11 is 0. The summed E-state index contributed by atoms with van der Waals surface area (Å²) in [6.45, 7) is 1.94. The van der Waals surface area contributed by atoms with Crippen LogP contribution in [0.3, 0.4) is 0 Å². The number of carbonyl (C=O) groups excluding carboxylic acids is 1. The number of nitrogens with zero attached hydrogens (tertiary/aromatic N) is 1. The topological polar surface area (TPSA) is 50.8 Å². The van der Waals surface area contributed by atoms with Gasteiger partial charge in [0, 0.05) is 26.2 Å². The predicted molar refractivity (Wildman–Crippen MR) is 73.6 cm³/mol. The number of benzene rings is 1. The van der Waals surface area contributed by atoms with Crippen LogP contribution in [0, 0.1) is 5.82 Å². The van der Waals surface area contributed by atoms with Gasteiger partial charge in [-0.3, -0.25) is 4.79 Å². The van der Waals surface area contributed by atoms with Crippen LogP contribution in [0.5, 0.6) is 0 Å². The van der Waals surface area contributed by atoms with E-state index in [1.54, 1.807) is 31.1 Å². The summed E-state index contributed by atoms with van der Waals surface area (Å²) < 4.78 is 24.4. The Balaban J connectivity index is 1.93. The van der Waals surface area contributed by atoms with Crippen LogP contribution in [-0.4, -0.2) is 52.5 Å². The zero-order chi connectivity index (χ0) is 14.5. The molecule has 1 saturated heterocycles. The highest BCUT2D eigenvalue weighted by molar-refractivity contribution is 5.94. The maximum absolute atomic E-state index is 13.8. The average Bonchev–Trinajstić information content (AvgIpc) is 2.45. The number of hydrogen-bond acceptors (Lipinski definition) is 4. The zero-order valence-corrected chi connectivity index (χ0v) is 11.7. The lowest BCUT2D eigenvalue weighted by Gasteiger charge is -2.23. The molecule has 1 amide bonds. The SMILES string of the molecule is CN(C)c1ccc(C(=O)NC[C@H]2COCCO2)cc1F. The fourth-order valence-corrected chi connectivity index (χ4v) is 1.97. The maximum atomic E-state index is 13.8. The van der Waals surface area contributed by atoms with Crippen LogP contribution in [0.1, 0.15) is 10.4 Å². The third kappa shape index (κ3) is 3.68. The molecular weight excluding hydrogens is 263 g/mol. The number of ether oxygens (including phenoxy) is 2. The number of halogens is 1. The molecule has 1 aromatic carbocycles. The van der Waals surface area contributed by atoms with Crippen molar-refractivity contribution in [3.8, 4) is 0 Å². The van der Waals surface area contributed by atoms with Gasteiger partial charge in [0.2, 0.25) is 0 Å². The second kappa shape index (κ2) is 6.67. The molecule has 2 rings (SSSR count). The van der Waals surface area contributed by atoms with Crippen molar-refractivity contribution in [1.82, 2.24) is 5.32 Å². The molecule has 0 aliphatic carbocycles. The monoisotopic (exact) mass is 282 g/mol. The molecule has 0 bridgehead atoms. The van der Waals surface area contributed by atoms with Crippen molar-refractivity contribution < 1.29 is 18.7 Å². The van der Waals surface area contributed by atoms with Gasteiger partial charge in [-0.25, -0.2) is 4.39 Å². The summed E-state index contributed by atoms with van der Waals surface area (Å²) in [6, 6.07) is 4.43. The standard InChI is InChI=1S/C14H19FN2O3/c1-17(2)13-4-3-10(7-12(13)15)14(18)16-8-11-9-19-5-6-20-11/h3-4,7,11H,5-6,8-9H2,1-2H3,(H,16,18)/t11-/m0/s1. The van der Waals surface area contributed by atoms with Crippen molar-refractivity contribution in [3.63, 3.8) is 0 Å². The Morgan fingerprint density at radius 1 is 1.45 bits per heavy atom. The Bertz CT molecular complexity index is 473. The van der Waals surface area contributed by atoms with E-state index in [1.165, 1.54) is 6.07 Å². The molecule has 0 saturated carbocycles. The first-order chi connectivity index (χ1) is 9.58. The third-order valence-electron chi connectivity index (χ3n) is 3.07. The van der Waals surface area contributed by atoms with E-state index in [1.807, 2.05) is 0 Å². The van der Waals surface area contributed by atoms with Gasteiger partial charge in [-0.05, 0) is 18.2 Å².